The van der Waals surface area contributed by atoms with E-state index in [1.807, 2.05) is 32.2 Å². The van der Waals surface area contributed by atoms with E-state index in [9.17, 15) is 4.79 Å². The van der Waals surface area contributed by atoms with E-state index >= 15 is 0 Å². The Morgan fingerprint density at radius 3 is 2.68 bits per heavy atom. The Hall–Kier alpha value is -3.73. The molecule has 4 rings (SSSR count). The molecule has 4 heterocycles. The third kappa shape index (κ3) is 5.45. The molecule has 1 fully saturated rings. The van der Waals surface area contributed by atoms with Gasteiger partial charge < -0.3 is 25.4 Å². The van der Waals surface area contributed by atoms with Crippen LogP contribution in [-0.4, -0.2) is 69.6 Å². The highest BCUT2D eigenvalue weighted by Crippen LogP contribution is 2.20. The lowest BCUT2D eigenvalue weighted by molar-refractivity contribution is -0.122. The van der Waals surface area contributed by atoms with E-state index in [0.29, 0.717) is 23.8 Å². The van der Waals surface area contributed by atoms with Gasteiger partial charge in [-0.3, -0.25) is 14.0 Å². The molecule has 11 heteroatoms. The van der Waals surface area contributed by atoms with Crippen LogP contribution >= 0.6 is 0 Å². The van der Waals surface area contributed by atoms with Gasteiger partial charge in [0.1, 0.15) is 11.4 Å². The maximum Gasteiger partial charge on any atom is 0.290 e. The first-order valence-electron chi connectivity index (χ1n) is 9.85. The zero-order chi connectivity index (χ0) is 22.2. The lowest BCUT2D eigenvalue weighted by atomic mass is 10.3. The summed E-state index contributed by atoms with van der Waals surface area (Å²) in [6.45, 7) is 7.69. The van der Waals surface area contributed by atoms with Crippen molar-refractivity contribution in [3.8, 4) is 5.88 Å². The van der Waals surface area contributed by atoms with E-state index in [1.165, 1.54) is 0 Å². The number of fused-ring (bicyclic) bond motifs is 1. The number of aryl methyl sites for hydroxylation is 1. The monoisotopic (exact) mass is 427 g/mol. The molecule has 164 valence electrons. The summed E-state index contributed by atoms with van der Waals surface area (Å²) >= 11 is 0. The number of carboxylic acid groups (broad SMARTS) is 1. The first kappa shape index (κ1) is 22.0. The molecular weight excluding hydrogens is 402 g/mol. The van der Waals surface area contributed by atoms with Crippen molar-refractivity contribution in [2.45, 2.75) is 13.8 Å². The standard InChI is InChI=1S/C19H23N7O2.CH2O2/c1-3-28-18-15(12-26-11-13(2)22-19(26)24-18)17(27)23-16-5-4-14(10-21-16)25-8-6-20-7-9-25;2-1-3/h4-5,10-12,20H,3,6-9H2,1-2H3,(H,21,23,27);1H,(H,2,3). The molecular formula is C20H25N7O4. The van der Waals surface area contributed by atoms with Gasteiger partial charge in [0.05, 0.1) is 24.2 Å². The van der Waals surface area contributed by atoms with Gasteiger partial charge in [-0.25, -0.2) is 9.97 Å². The van der Waals surface area contributed by atoms with Gasteiger partial charge in [0.2, 0.25) is 11.7 Å². The molecule has 1 saturated heterocycles. The fourth-order valence-corrected chi connectivity index (χ4v) is 3.18. The predicted octanol–water partition coefficient (Wildman–Crippen LogP) is 1.19. The summed E-state index contributed by atoms with van der Waals surface area (Å²) < 4.78 is 7.27. The largest absolute Gasteiger partial charge is 0.483 e. The summed E-state index contributed by atoms with van der Waals surface area (Å²) in [6, 6.07) is 3.78. The van der Waals surface area contributed by atoms with Crippen LogP contribution < -0.4 is 20.3 Å². The number of hydrogen-bond acceptors (Lipinski definition) is 8. The SMILES string of the molecule is CCOc1nc2nc(C)cn2cc1C(=O)Nc1ccc(N2CCNCC2)cn1.O=CO. The minimum absolute atomic E-state index is 0.250. The molecule has 0 saturated carbocycles. The molecule has 11 nitrogen and oxygen atoms in total. The number of rotatable bonds is 5. The summed E-state index contributed by atoms with van der Waals surface area (Å²) in [5, 5.41) is 13.0. The first-order chi connectivity index (χ1) is 15.0. The number of anilines is 2. The Morgan fingerprint density at radius 1 is 1.29 bits per heavy atom. The molecule has 1 aliphatic heterocycles. The topological polar surface area (TPSA) is 134 Å². The van der Waals surface area contributed by atoms with E-state index in [0.717, 1.165) is 37.6 Å². The van der Waals surface area contributed by atoms with Crippen LogP contribution in [0.25, 0.3) is 5.78 Å². The molecule has 3 N–H and O–H groups in total. The van der Waals surface area contributed by atoms with Crippen molar-refractivity contribution < 1.29 is 19.4 Å². The second-order valence-corrected chi connectivity index (χ2v) is 6.68. The van der Waals surface area contributed by atoms with Gasteiger partial charge in [0.15, 0.2) is 0 Å². The van der Waals surface area contributed by atoms with Gasteiger partial charge in [-0.2, -0.15) is 4.98 Å². The summed E-state index contributed by atoms with van der Waals surface area (Å²) in [6.07, 6.45) is 5.28. The second-order valence-electron chi connectivity index (χ2n) is 6.68. The molecule has 1 aliphatic rings. The van der Waals surface area contributed by atoms with Gasteiger partial charge in [0.25, 0.3) is 12.4 Å². The third-order valence-electron chi connectivity index (χ3n) is 4.53. The number of ether oxygens (including phenoxy) is 1. The number of piperazine rings is 1. The minimum Gasteiger partial charge on any atom is -0.483 e. The second kappa shape index (κ2) is 10.3. The summed E-state index contributed by atoms with van der Waals surface area (Å²) in [7, 11) is 0. The molecule has 0 bridgehead atoms. The number of aromatic nitrogens is 4. The highest BCUT2D eigenvalue weighted by atomic mass is 16.5. The minimum atomic E-state index is -0.327. The average molecular weight is 427 g/mol. The van der Waals surface area contributed by atoms with Crippen LogP contribution in [0.2, 0.25) is 0 Å². The quantitative estimate of drug-likeness (QED) is 0.513. The van der Waals surface area contributed by atoms with Crippen molar-refractivity contribution in [1.82, 2.24) is 24.7 Å². The van der Waals surface area contributed by atoms with Crippen molar-refractivity contribution >= 4 is 29.7 Å². The summed E-state index contributed by atoms with van der Waals surface area (Å²) in [5.74, 6) is 0.909. The van der Waals surface area contributed by atoms with Gasteiger partial charge in [-0.15, -0.1) is 0 Å². The van der Waals surface area contributed by atoms with Crippen molar-refractivity contribution in [2.75, 3.05) is 43.0 Å². The van der Waals surface area contributed by atoms with Gasteiger partial charge in [-0.1, -0.05) is 0 Å². The molecule has 3 aromatic rings. The Labute approximate surface area is 179 Å². The molecule has 31 heavy (non-hydrogen) atoms. The van der Waals surface area contributed by atoms with E-state index in [-0.39, 0.29) is 18.3 Å². The lowest BCUT2D eigenvalue weighted by Crippen LogP contribution is -2.43. The van der Waals surface area contributed by atoms with Crippen LogP contribution in [0, 0.1) is 6.92 Å². The number of nitrogens with zero attached hydrogens (tertiary/aromatic N) is 5. The van der Waals surface area contributed by atoms with E-state index in [2.05, 4.69) is 30.5 Å². The van der Waals surface area contributed by atoms with Crippen LogP contribution in [-0.2, 0) is 4.79 Å². The maximum atomic E-state index is 12.8. The Kier molecular flexibility index (Phi) is 7.33. The van der Waals surface area contributed by atoms with Crippen molar-refractivity contribution in [1.29, 1.82) is 0 Å². The first-order valence-corrected chi connectivity index (χ1v) is 9.85. The van der Waals surface area contributed by atoms with E-state index in [4.69, 9.17) is 14.6 Å². The third-order valence-corrected chi connectivity index (χ3v) is 4.53. The van der Waals surface area contributed by atoms with Gasteiger partial charge >= 0.3 is 0 Å². The zero-order valence-electron chi connectivity index (χ0n) is 17.4. The number of nitrogens with one attached hydrogen (secondary N) is 2. The van der Waals surface area contributed by atoms with Crippen LogP contribution in [0.4, 0.5) is 11.5 Å². The molecule has 3 aromatic heterocycles. The van der Waals surface area contributed by atoms with Crippen molar-refractivity contribution in [2.24, 2.45) is 0 Å². The van der Waals surface area contributed by atoms with E-state index in [1.54, 1.807) is 16.8 Å². The average Bonchev–Trinajstić information content (AvgIpc) is 3.14. The molecule has 1 amide bonds. The molecule has 0 spiro atoms. The molecule has 0 unspecified atom stereocenters. The van der Waals surface area contributed by atoms with Gasteiger partial charge in [-0.05, 0) is 26.0 Å². The number of pyridine rings is 1. The molecule has 0 aromatic carbocycles. The van der Waals surface area contributed by atoms with Crippen LogP contribution in [0.1, 0.15) is 23.0 Å². The normalized spacial score (nSPS) is 13.3. The number of amides is 1. The fourth-order valence-electron chi connectivity index (χ4n) is 3.18. The number of carbonyl (C=O) groups is 2. The maximum absolute atomic E-state index is 12.8. The zero-order valence-corrected chi connectivity index (χ0v) is 17.4. The lowest BCUT2D eigenvalue weighted by Gasteiger charge is -2.29. The number of carbonyl (C=O) groups excluding carboxylic acids is 1. The Morgan fingerprint density at radius 2 is 2.03 bits per heavy atom. The fraction of sp³-hybridized carbons (Fsp3) is 0.350. The van der Waals surface area contributed by atoms with Crippen molar-refractivity contribution in [3.05, 3.63) is 42.0 Å². The molecule has 0 atom stereocenters. The highest BCUT2D eigenvalue weighted by molar-refractivity contribution is 6.05. The van der Waals surface area contributed by atoms with Crippen LogP contribution in [0.3, 0.4) is 0 Å². The number of hydrogen-bond donors (Lipinski definition) is 3. The van der Waals surface area contributed by atoms with E-state index < -0.39 is 0 Å². The summed E-state index contributed by atoms with van der Waals surface area (Å²) in [4.78, 5) is 36.5. The van der Waals surface area contributed by atoms with Crippen LogP contribution in [0.5, 0.6) is 5.88 Å². The predicted molar refractivity (Wildman–Crippen MR) is 115 cm³/mol. The molecule has 0 radical (unpaired) electrons. The summed E-state index contributed by atoms with van der Waals surface area (Å²) in [5.41, 5.74) is 2.20. The highest BCUT2D eigenvalue weighted by Gasteiger charge is 2.18. The van der Waals surface area contributed by atoms with Crippen LogP contribution in [0.15, 0.2) is 30.7 Å². The Balaban J connectivity index is 0.000000858. The van der Waals surface area contributed by atoms with Crippen molar-refractivity contribution in [3.63, 3.8) is 0 Å². The molecule has 0 aliphatic carbocycles. The van der Waals surface area contributed by atoms with Gasteiger partial charge in [0, 0.05) is 38.6 Å². The number of imidazole rings is 1. The smallest absolute Gasteiger partial charge is 0.290 e. The Bertz CT molecular complexity index is 1030.